The Hall–Kier alpha value is -1.01. The van der Waals surface area contributed by atoms with E-state index in [-0.39, 0.29) is 0 Å². The quantitative estimate of drug-likeness (QED) is 0.546. The summed E-state index contributed by atoms with van der Waals surface area (Å²) in [7, 11) is 0. The normalized spacial score (nSPS) is 9.75. The summed E-state index contributed by atoms with van der Waals surface area (Å²) in [5.74, 6) is 0. The minimum atomic E-state index is 0.639. The highest BCUT2D eigenvalue weighted by atomic mass is 35.5. The summed E-state index contributed by atoms with van der Waals surface area (Å²) < 4.78 is 0. The van der Waals surface area contributed by atoms with Crippen molar-refractivity contribution in [1.82, 2.24) is 0 Å². The predicted molar refractivity (Wildman–Crippen MR) is 77.8 cm³/mol. The molecule has 0 heterocycles. The lowest BCUT2D eigenvalue weighted by molar-refractivity contribution is 1.32. The molecule has 0 aromatic carbocycles. The van der Waals surface area contributed by atoms with Crippen LogP contribution in [-0.2, 0) is 0 Å². The lowest BCUT2D eigenvalue weighted by Crippen LogP contribution is -1.86. The molecule has 0 saturated carbocycles. The van der Waals surface area contributed by atoms with Gasteiger partial charge in [0.2, 0.25) is 0 Å². The van der Waals surface area contributed by atoms with Gasteiger partial charge in [0.15, 0.2) is 0 Å². The van der Waals surface area contributed by atoms with Crippen LogP contribution in [0.3, 0.4) is 0 Å². The van der Waals surface area contributed by atoms with Gasteiger partial charge in [-0.1, -0.05) is 60.2 Å². The molecule has 0 N–H and O–H groups in total. The van der Waals surface area contributed by atoms with E-state index >= 15 is 0 Å². The Morgan fingerprint density at radius 2 is 1.25 bits per heavy atom. The molecule has 0 bridgehead atoms. The summed E-state index contributed by atoms with van der Waals surface area (Å²) in [5, 5.41) is 0.639. The molecule has 0 radical (unpaired) electrons. The molecule has 0 aliphatic heterocycles. The van der Waals surface area contributed by atoms with Crippen molar-refractivity contribution in [2.75, 3.05) is 0 Å². The van der Waals surface area contributed by atoms with Gasteiger partial charge in [-0.15, -0.1) is 0 Å². The minimum Gasteiger partial charge on any atom is -0.0955 e. The van der Waals surface area contributed by atoms with Gasteiger partial charge in [-0.2, -0.15) is 0 Å². The van der Waals surface area contributed by atoms with Crippen LogP contribution >= 0.6 is 11.6 Å². The van der Waals surface area contributed by atoms with Gasteiger partial charge in [0, 0.05) is 5.03 Å². The van der Waals surface area contributed by atoms with Crippen molar-refractivity contribution in [2.24, 2.45) is 0 Å². The Labute approximate surface area is 106 Å². The molecule has 0 atom stereocenters. The lowest BCUT2D eigenvalue weighted by Gasteiger charge is -2.05. The highest BCUT2D eigenvalue weighted by molar-refractivity contribution is 6.28. The summed E-state index contributed by atoms with van der Waals surface area (Å²) in [6.45, 7) is 21.0. The Balaban J connectivity index is 0. The minimum absolute atomic E-state index is 0.639. The molecule has 0 fully saturated rings. The van der Waals surface area contributed by atoms with E-state index in [1.165, 1.54) is 5.57 Å². The van der Waals surface area contributed by atoms with Crippen molar-refractivity contribution in [3.63, 3.8) is 0 Å². The summed E-state index contributed by atoms with van der Waals surface area (Å²) in [6, 6.07) is 0. The molecule has 90 valence electrons. The summed E-state index contributed by atoms with van der Waals surface area (Å²) >= 11 is 5.08. The molecule has 0 aromatic rings. The Bertz CT molecular complexity index is 307. The molecule has 0 aromatic heterocycles. The first kappa shape index (κ1) is 17.4. The van der Waals surface area contributed by atoms with Crippen molar-refractivity contribution >= 4 is 11.6 Å². The Kier molecular flexibility index (Phi) is 10.0. The average Bonchev–Trinajstić information content (AvgIpc) is 2.11. The smallest absolute Gasteiger partial charge is 0.00778 e. The maximum atomic E-state index is 5.08. The second-order valence-corrected chi connectivity index (χ2v) is 4.47. The fourth-order valence-electron chi connectivity index (χ4n) is 0.922. The van der Waals surface area contributed by atoms with Gasteiger partial charge in [-0.05, 0) is 40.2 Å². The molecule has 1 heteroatoms. The maximum absolute atomic E-state index is 5.08. The van der Waals surface area contributed by atoms with Crippen LogP contribution in [0, 0.1) is 0 Å². The second-order valence-electron chi connectivity index (χ2n) is 3.83. The molecule has 0 rings (SSSR count). The highest BCUT2D eigenvalue weighted by Gasteiger charge is 1.97. The van der Waals surface area contributed by atoms with Gasteiger partial charge in [0.1, 0.15) is 0 Å². The first-order chi connectivity index (χ1) is 7.22. The third-order valence-electron chi connectivity index (χ3n) is 1.75. The number of allylic oxidation sites excluding steroid dienone is 7. The zero-order chi connectivity index (χ0) is 13.3. The lowest BCUT2D eigenvalue weighted by atomic mass is 10.0. The predicted octanol–water partition coefficient (Wildman–Crippen LogP) is 5.79. The molecule has 16 heavy (non-hydrogen) atoms. The van der Waals surface area contributed by atoms with E-state index < -0.39 is 0 Å². The first-order valence-corrected chi connectivity index (χ1v) is 5.57. The van der Waals surface area contributed by atoms with E-state index in [9.17, 15) is 0 Å². The standard InChI is InChI=1S/C12H18.C3H5Cl/c1-7-11(6)8-12(9(2)3)10(4)5;1-3(2)4/h7-8H,2,4H2,1,3,5-6H3;1H2,2H3/b11-7-;. The van der Waals surface area contributed by atoms with Gasteiger partial charge in [0.25, 0.3) is 0 Å². The summed E-state index contributed by atoms with van der Waals surface area (Å²) in [4.78, 5) is 0. The fourth-order valence-corrected chi connectivity index (χ4v) is 0.922. The zero-order valence-corrected chi connectivity index (χ0v) is 11.9. The van der Waals surface area contributed by atoms with E-state index in [0.29, 0.717) is 5.03 Å². The fraction of sp³-hybridized carbons (Fsp3) is 0.333. The SMILES string of the molecule is C=C(C)C(=C/C(C)=C\C)C(=C)C.C=C(C)Cl. The molecule has 0 saturated heterocycles. The van der Waals surface area contributed by atoms with Gasteiger partial charge in [0.05, 0.1) is 0 Å². The molecule has 0 nitrogen and oxygen atoms in total. The second kappa shape index (κ2) is 9.23. The third kappa shape index (κ3) is 11.1. The van der Waals surface area contributed by atoms with Crippen LogP contribution in [0.1, 0.15) is 34.6 Å². The molecule has 0 aliphatic carbocycles. The van der Waals surface area contributed by atoms with Crippen LogP contribution in [0.4, 0.5) is 0 Å². The Morgan fingerprint density at radius 3 is 1.44 bits per heavy atom. The van der Waals surface area contributed by atoms with Crippen molar-refractivity contribution in [3.05, 3.63) is 59.2 Å². The van der Waals surface area contributed by atoms with Gasteiger partial charge < -0.3 is 0 Å². The van der Waals surface area contributed by atoms with Crippen molar-refractivity contribution in [1.29, 1.82) is 0 Å². The van der Waals surface area contributed by atoms with Crippen molar-refractivity contribution < 1.29 is 0 Å². The first-order valence-electron chi connectivity index (χ1n) is 5.19. The molecule has 0 spiro atoms. The van der Waals surface area contributed by atoms with Crippen LogP contribution in [0.2, 0.25) is 0 Å². The van der Waals surface area contributed by atoms with Gasteiger partial charge >= 0.3 is 0 Å². The zero-order valence-electron chi connectivity index (χ0n) is 11.2. The van der Waals surface area contributed by atoms with Crippen LogP contribution in [0.25, 0.3) is 0 Å². The van der Waals surface area contributed by atoms with E-state index in [4.69, 9.17) is 11.6 Å². The van der Waals surface area contributed by atoms with Gasteiger partial charge in [-0.25, -0.2) is 0 Å². The topological polar surface area (TPSA) is 0 Å². The highest BCUT2D eigenvalue weighted by Crippen LogP contribution is 2.17. The van der Waals surface area contributed by atoms with Crippen molar-refractivity contribution in [2.45, 2.75) is 34.6 Å². The third-order valence-corrected chi connectivity index (χ3v) is 1.75. The Morgan fingerprint density at radius 1 is 0.938 bits per heavy atom. The van der Waals surface area contributed by atoms with Crippen LogP contribution in [0.5, 0.6) is 0 Å². The van der Waals surface area contributed by atoms with Gasteiger partial charge in [-0.3, -0.25) is 0 Å². The monoisotopic (exact) mass is 238 g/mol. The van der Waals surface area contributed by atoms with E-state index in [1.807, 2.05) is 20.8 Å². The van der Waals surface area contributed by atoms with E-state index in [1.54, 1.807) is 6.92 Å². The van der Waals surface area contributed by atoms with Crippen LogP contribution in [0.15, 0.2) is 59.2 Å². The molecule has 0 unspecified atom stereocenters. The van der Waals surface area contributed by atoms with E-state index in [2.05, 4.69) is 38.8 Å². The molecular formula is C15H23Cl. The molecular weight excluding hydrogens is 216 g/mol. The van der Waals surface area contributed by atoms with Crippen LogP contribution < -0.4 is 0 Å². The van der Waals surface area contributed by atoms with E-state index in [0.717, 1.165) is 16.7 Å². The number of hydrogen-bond donors (Lipinski definition) is 0. The van der Waals surface area contributed by atoms with Crippen molar-refractivity contribution in [3.8, 4) is 0 Å². The maximum Gasteiger partial charge on any atom is 0.00778 e. The largest absolute Gasteiger partial charge is 0.0955 e. The molecule has 0 aliphatic rings. The number of halogens is 1. The van der Waals surface area contributed by atoms with Crippen LogP contribution in [-0.4, -0.2) is 0 Å². The summed E-state index contributed by atoms with van der Waals surface area (Å²) in [6.07, 6.45) is 4.19. The number of rotatable bonds is 3. The average molecular weight is 239 g/mol. The summed E-state index contributed by atoms with van der Waals surface area (Å²) in [5.41, 5.74) is 4.55. The number of hydrogen-bond acceptors (Lipinski definition) is 0. The molecule has 0 amide bonds.